The van der Waals surface area contributed by atoms with Crippen LogP contribution in [0.4, 0.5) is 0 Å². The first-order valence-corrected chi connectivity index (χ1v) is 7.32. The molecular formula is C15H26N2O. The Morgan fingerprint density at radius 2 is 2.06 bits per heavy atom. The van der Waals surface area contributed by atoms with Gasteiger partial charge in [-0.15, -0.1) is 0 Å². The summed E-state index contributed by atoms with van der Waals surface area (Å²) in [6.07, 6.45) is 11.7. The van der Waals surface area contributed by atoms with Crippen molar-refractivity contribution in [1.82, 2.24) is 5.32 Å². The maximum atomic E-state index is 12.5. The molecule has 102 valence electrons. The smallest absolute Gasteiger partial charge is 0.227 e. The van der Waals surface area contributed by atoms with Gasteiger partial charge in [0.2, 0.25) is 5.91 Å². The third-order valence-electron chi connectivity index (χ3n) is 4.71. The maximum Gasteiger partial charge on any atom is 0.227 e. The number of hydrogen-bond acceptors (Lipinski definition) is 2. The summed E-state index contributed by atoms with van der Waals surface area (Å²) in [5, 5.41) is 3.22. The van der Waals surface area contributed by atoms with Crippen LogP contribution in [0.25, 0.3) is 0 Å². The van der Waals surface area contributed by atoms with Crippen LogP contribution in [0, 0.1) is 11.3 Å². The highest BCUT2D eigenvalue weighted by molar-refractivity contribution is 5.83. The number of allylic oxidation sites excluding steroid dienone is 1. The first-order chi connectivity index (χ1) is 8.66. The second kappa shape index (κ2) is 5.87. The Morgan fingerprint density at radius 3 is 2.61 bits per heavy atom. The Hall–Kier alpha value is -0.830. The highest BCUT2D eigenvalue weighted by atomic mass is 16.2. The van der Waals surface area contributed by atoms with Crippen molar-refractivity contribution in [2.75, 3.05) is 6.54 Å². The summed E-state index contributed by atoms with van der Waals surface area (Å²) < 4.78 is 0. The van der Waals surface area contributed by atoms with Gasteiger partial charge in [0.15, 0.2) is 0 Å². The lowest BCUT2D eigenvalue weighted by Gasteiger charge is -2.38. The lowest BCUT2D eigenvalue weighted by Crippen LogP contribution is -2.50. The molecule has 0 aromatic carbocycles. The summed E-state index contributed by atoms with van der Waals surface area (Å²) in [6, 6.07) is 0.324. The average molecular weight is 250 g/mol. The maximum absolute atomic E-state index is 12.5. The molecule has 0 aromatic heterocycles. The van der Waals surface area contributed by atoms with Gasteiger partial charge in [-0.25, -0.2) is 0 Å². The van der Waals surface area contributed by atoms with Gasteiger partial charge in [-0.05, 0) is 50.9 Å². The summed E-state index contributed by atoms with van der Waals surface area (Å²) >= 11 is 0. The van der Waals surface area contributed by atoms with Gasteiger partial charge in [-0.3, -0.25) is 4.79 Å². The molecule has 0 saturated heterocycles. The van der Waals surface area contributed by atoms with E-state index in [-0.39, 0.29) is 11.3 Å². The van der Waals surface area contributed by atoms with Crippen molar-refractivity contribution in [2.45, 2.75) is 57.9 Å². The first kappa shape index (κ1) is 13.6. The van der Waals surface area contributed by atoms with Crippen LogP contribution in [0.5, 0.6) is 0 Å². The van der Waals surface area contributed by atoms with Gasteiger partial charge in [-0.2, -0.15) is 0 Å². The van der Waals surface area contributed by atoms with Crippen LogP contribution < -0.4 is 11.1 Å². The molecule has 0 spiro atoms. The lowest BCUT2D eigenvalue weighted by molar-refractivity contribution is -0.133. The minimum Gasteiger partial charge on any atom is -0.353 e. The van der Waals surface area contributed by atoms with E-state index in [1.54, 1.807) is 0 Å². The molecule has 1 amide bonds. The van der Waals surface area contributed by atoms with Gasteiger partial charge in [0.05, 0.1) is 5.41 Å². The summed E-state index contributed by atoms with van der Waals surface area (Å²) in [6.45, 7) is 2.76. The molecule has 2 aliphatic rings. The summed E-state index contributed by atoms with van der Waals surface area (Å²) in [7, 11) is 0. The highest BCUT2D eigenvalue weighted by Crippen LogP contribution is 2.38. The van der Waals surface area contributed by atoms with Crippen molar-refractivity contribution in [2.24, 2.45) is 17.1 Å². The molecule has 0 aromatic rings. The number of carbonyl (C=O) groups excluding carboxylic acids is 1. The highest BCUT2D eigenvalue weighted by Gasteiger charge is 2.40. The van der Waals surface area contributed by atoms with Crippen LogP contribution in [0.2, 0.25) is 0 Å². The minimum absolute atomic E-state index is 0.206. The fraction of sp³-hybridized carbons (Fsp3) is 0.800. The summed E-state index contributed by atoms with van der Waals surface area (Å²) in [4.78, 5) is 12.5. The largest absolute Gasteiger partial charge is 0.353 e. The molecule has 0 aliphatic heterocycles. The molecule has 0 radical (unpaired) electrons. The van der Waals surface area contributed by atoms with Crippen LogP contribution in [0.15, 0.2) is 12.2 Å². The molecule has 1 fully saturated rings. The molecule has 2 rings (SSSR count). The first-order valence-electron chi connectivity index (χ1n) is 7.32. The third-order valence-corrected chi connectivity index (χ3v) is 4.71. The molecule has 3 nitrogen and oxygen atoms in total. The van der Waals surface area contributed by atoms with Gasteiger partial charge in [-0.1, -0.05) is 19.1 Å². The van der Waals surface area contributed by atoms with Gasteiger partial charge in [0.25, 0.3) is 0 Å². The normalized spacial score (nSPS) is 36.3. The Labute approximate surface area is 110 Å². The van der Waals surface area contributed by atoms with E-state index in [0.29, 0.717) is 12.6 Å². The Balaban J connectivity index is 1.94. The van der Waals surface area contributed by atoms with Crippen LogP contribution in [-0.4, -0.2) is 18.5 Å². The molecule has 1 atom stereocenters. The van der Waals surface area contributed by atoms with E-state index in [1.807, 2.05) is 0 Å². The third kappa shape index (κ3) is 2.94. The van der Waals surface area contributed by atoms with Crippen LogP contribution in [0.3, 0.4) is 0 Å². The van der Waals surface area contributed by atoms with E-state index in [0.717, 1.165) is 50.9 Å². The molecular weight excluding hydrogens is 224 g/mol. The van der Waals surface area contributed by atoms with Crippen LogP contribution >= 0.6 is 0 Å². The van der Waals surface area contributed by atoms with E-state index in [2.05, 4.69) is 24.4 Å². The van der Waals surface area contributed by atoms with Crippen LogP contribution in [-0.2, 0) is 4.79 Å². The van der Waals surface area contributed by atoms with Crippen molar-refractivity contribution in [3.8, 4) is 0 Å². The van der Waals surface area contributed by atoms with E-state index in [4.69, 9.17) is 5.73 Å². The van der Waals surface area contributed by atoms with Gasteiger partial charge in [0.1, 0.15) is 0 Å². The lowest BCUT2D eigenvalue weighted by atomic mass is 9.70. The second-order valence-electron chi connectivity index (χ2n) is 6.12. The fourth-order valence-corrected chi connectivity index (χ4v) is 3.10. The van der Waals surface area contributed by atoms with E-state index < -0.39 is 0 Å². The zero-order chi connectivity index (χ0) is 13.0. The Bertz CT molecular complexity index is 316. The van der Waals surface area contributed by atoms with E-state index in [9.17, 15) is 4.79 Å². The topological polar surface area (TPSA) is 55.1 Å². The number of hydrogen-bond donors (Lipinski definition) is 2. The predicted octanol–water partition coefficient (Wildman–Crippen LogP) is 2.37. The summed E-state index contributed by atoms with van der Waals surface area (Å²) in [5.74, 6) is 0.951. The molecule has 2 aliphatic carbocycles. The van der Waals surface area contributed by atoms with Gasteiger partial charge < -0.3 is 11.1 Å². The van der Waals surface area contributed by atoms with Crippen molar-refractivity contribution in [3.05, 3.63) is 12.2 Å². The molecule has 3 N–H and O–H groups in total. The fourth-order valence-electron chi connectivity index (χ4n) is 3.10. The number of carbonyl (C=O) groups is 1. The zero-order valence-electron chi connectivity index (χ0n) is 11.5. The quantitative estimate of drug-likeness (QED) is 0.756. The average Bonchev–Trinajstić information content (AvgIpc) is 2.41. The molecule has 18 heavy (non-hydrogen) atoms. The molecule has 3 heteroatoms. The number of amides is 1. The Kier molecular flexibility index (Phi) is 4.44. The molecule has 0 heterocycles. The van der Waals surface area contributed by atoms with Crippen LogP contribution in [0.1, 0.15) is 51.9 Å². The number of rotatable bonds is 3. The monoisotopic (exact) mass is 250 g/mol. The number of nitrogens with two attached hydrogens (primary N) is 1. The van der Waals surface area contributed by atoms with Crippen molar-refractivity contribution < 1.29 is 4.79 Å². The predicted molar refractivity (Wildman–Crippen MR) is 74.0 cm³/mol. The van der Waals surface area contributed by atoms with Crippen molar-refractivity contribution in [3.63, 3.8) is 0 Å². The van der Waals surface area contributed by atoms with E-state index in [1.165, 1.54) is 0 Å². The van der Waals surface area contributed by atoms with Gasteiger partial charge in [0, 0.05) is 12.6 Å². The molecule has 1 saturated carbocycles. The van der Waals surface area contributed by atoms with Crippen molar-refractivity contribution in [1.29, 1.82) is 0 Å². The molecule has 1 unspecified atom stereocenters. The minimum atomic E-state index is -0.284. The summed E-state index contributed by atoms with van der Waals surface area (Å²) in [5.41, 5.74) is 5.63. The standard InChI is InChI=1S/C15H26N2O/c1-12-7-9-15(11-16,10-8-12)14(18)17-13-5-3-2-4-6-13/h2-3,12-13H,4-11,16H2,1H3,(H,17,18). The van der Waals surface area contributed by atoms with Gasteiger partial charge >= 0.3 is 0 Å². The SMILES string of the molecule is CC1CCC(CN)(C(=O)NC2CC=CCC2)CC1. The zero-order valence-corrected chi connectivity index (χ0v) is 11.5. The van der Waals surface area contributed by atoms with E-state index >= 15 is 0 Å². The second-order valence-corrected chi connectivity index (χ2v) is 6.12. The van der Waals surface area contributed by atoms with Crippen molar-refractivity contribution >= 4 is 5.91 Å². The molecule has 0 bridgehead atoms. The Morgan fingerprint density at radius 1 is 1.33 bits per heavy atom. The number of nitrogens with one attached hydrogen (secondary N) is 1.